The fourth-order valence-corrected chi connectivity index (χ4v) is 1.81. The van der Waals surface area contributed by atoms with Gasteiger partial charge in [0.05, 0.1) is 5.69 Å². The SMILES string of the molecule is Nc1cc(N2CCN(C=O)CC2)ccc1F. The second-order valence-corrected chi connectivity index (χ2v) is 3.83. The molecule has 86 valence electrons. The maximum absolute atomic E-state index is 13.0. The maximum Gasteiger partial charge on any atom is 0.209 e. The van der Waals surface area contributed by atoms with Crippen molar-refractivity contribution in [2.45, 2.75) is 0 Å². The highest BCUT2D eigenvalue weighted by Crippen LogP contribution is 2.21. The van der Waals surface area contributed by atoms with Crippen LogP contribution in [-0.2, 0) is 4.79 Å². The van der Waals surface area contributed by atoms with Gasteiger partial charge in [0.15, 0.2) is 0 Å². The molecule has 4 nitrogen and oxygen atoms in total. The fourth-order valence-electron chi connectivity index (χ4n) is 1.81. The Morgan fingerprint density at radius 2 is 1.94 bits per heavy atom. The molecule has 1 fully saturated rings. The van der Waals surface area contributed by atoms with E-state index in [1.165, 1.54) is 6.07 Å². The van der Waals surface area contributed by atoms with E-state index < -0.39 is 5.82 Å². The van der Waals surface area contributed by atoms with E-state index in [1.807, 2.05) is 0 Å². The molecule has 1 amide bonds. The van der Waals surface area contributed by atoms with Gasteiger partial charge in [0.2, 0.25) is 6.41 Å². The van der Waals surface area contributed by atoms with Crippen molar-refractivity contribution in [3.8, 4) is 0 Å². The van der Waals surface area contributed by atoms with Crippen LogP contribution in [0.25, 0.3) is 0 Å². The molecule has 1 aliphatic rings. The lowest BCUT2D eigenvalue weighted by Crippen LogP contribution is -2.45. The molecule has 2 N–H and O–H groups in total. The summed E-state index contributed by atoms with van der Waals surface area (Å²) in [7, 11) is 0. The number of benzene rings is 1. The molecule has 1 aliphatic heterocycles. The predicted octanol–water partition coefficient (Wildman–Crippen LogP) is 0.686. The van der Waals surface area contributed by atoms with Gasteiger partial charge < -0.3 is 15.5 Å². The summed E-state index contributed by atoms with van der Waals surface area (Å²) in [5.74, 6) is -0.393. The number of hydrogen-bond acceptors (Lipinski definition) is 3. The molecule has 0 atom stereocenters. The second kappa shape index (κ2) is 4.38. The van der Waals surface area contributed by atoms with Crippen molar-refractivity contribution in [2.75, 3.05) is 36.8 Å². The number of carbonyl (C=O) groups excluding carboxylic acids is 1. The van der Waals surface area contributed by atoms with Gasteiger partial charge in [-0.3, -0.25) is 4.79 Å². The molecular weight excluding hydrogens is 209 g/mol. The summed E-state index contributed by atoms with van der Waals surface area (Å²) in [6, 6.07) is 4.71. The Bertz CT molecular complexity index is 389. The molecule has 0 aliphatic carbocycles. The summed E-state index contributed by atoms with van der Waals surface area (Å²) in [6.07, 6.45) is 0.858. The summed E-state index contributed by atoms with van der Waals surface area (Å²) < 4.78 is 13.0. The van der Waals surface area contributed by atoms with Gasteiger partial charge >= 0.3 is 0 Å². The van der Waals surface area contributed by atoms with Crippen molar-refractivity contribution in [1.82, 2.24) is 4.90 Å². The molecule has 1 saturated heterocycles. The first-order valence-electron chi connectivity index (χ1n) is 5.20. The van der Waals surface area contributed by atoms with E-state index in [0.717, 1.165) is 25.2 Å². The predicted molar refractivity (Wildman–Crippen MR) is 60.7 cm³/mol. The summed E-state index contributed by atoms with van der Waals surface area (Å²) in [6.45, 7) is 2.90. The average molecular weight is 223 g/mol. The van der Waals surface area contributed by atoms with E-state index in [0.29, 0.717) is 13.1 Å². The zero-order valence-electron chi connectivity index (χ0n) is 8.90. The summed E-state index contributed by atoms with van der Waals surface area (Å²) >= 11 is 0. The largest absolute Gasteiger partial charge is 0.396 e. The van der Waals surface area contributed by atoms with Crippen LogP contribution in [0.3, 0.4) is 0 Å². The molecule has 0 spiro atoms. The van der Waals surface area contributed by atoms with Crippen molar-refractivity contribution < 1.29 is 9.18 Å². The van der Waals surface area contributed by atoms with Crippen molar-refractivity contribution >= 4 is 17.8 Å². The monoisotopic (exact) mass is 223 g/mol. The van der Waals surface area contributed by atoms with Gasteiger partial charge in [-0.2, -0.15) is 0 Å². The zero-order chi connectivity index (χ0) is 11.5. The van der Waals surface area contributed by atoms with Crippen LogP contribution in [0.1, 0.15) is 0 Å². The van der Waals surface area contributed by atoms with Crippen molar-refractivity contribution in [3.63, 3.8) is 0 Å². The van der Waals surface area contributed by atoms with Gasteiger partial charge in [-0.1, -0.05) is 0 Å². The zero-order valence-corrected chi connectivity index (χ0v) is 8.90. The lowest BCUT2D eigenvalue weighted by molar-refractivity contribution is -0.118. The third kappa shape index (κ3) is 2.08. The molecule has 0 saturated carbocycles. The topological polar surface area (TPSA) is 49.6 Å². The number of anilines is 2. The van der Waals surface area contributed by atoms with Crippen molar-refractivity contribution in [3.05, 3.63) is 24.0 Å². The Hall–Kier alpha value is -1.78. The number of rotatable bonds is 2. The van der Waals surface area contributed by atoms with Gasteiger partial charge in [-0.15, -0.1) is 0 Å². The number of nitrogens with zero attached hydrogens (tertiary/aromatic N) is 2. The highest BCUT2D eigenvalue weighted by Gasteiger charge is 2.16. The quantitative estimate of drug-likeness (QED) is 0.592. The number of carbonyl (C=O) groups is 1. The molecule has 2 rings (SSSR count). The maximum atomic E-state index is 13.0. The molecule has 0 aromatic heterocycles. The van der Waals surface area contributed by atoms with Gasteiger partial charge in [-0.25, -0.2) is 4.39 Å². The number of nitrogens with two attached hydrogens (primary N) is 1. The van der Waals surface area contributed by atoms with Gasteiger partial charge in [-0.05, 0) is 18.2 Å². The highest BCUT2D eigenvalue weighted by molar-refractivity contribution is 5.57. The molecule has 0 bridgehead atoms. The minimum absolute atomic E-state index is 0.162. The highest BCUT2D eigenvalue weighted by atomic mass is 19.1. The summed E-state index contributed by atoms with van der Waals surface area (Å²) in [4.78, 5) is 14.4. The molecule has 0 unspecified atom stereocenters. The third-order valence-electron chi connectivity index (χ3n) is 2.81. The first kappa shape index (κ1) is 10.7. The van der Waals surface area contributed by atoms with Crippen LogP contribution < -0.4 is 10.6 Å². The Labute approximate surface area is 93.4 Å². The molecular formula is C11H14FN3O. The molecule has 0 radical (unpaired) electrons. The third-order valence-corrected chi connectivity index (χ3v) is 2.81. The van der Waals surface area contributed by atoms with Crippen LogP contribution in [-0.4, -0.2) is 37.5 Å². The van der Waals surface area contributed by atoms with Gasteiger partial charge in [0.25, 0.3) is 0 Å². The smallest absolute Gasteiger partial charge is 0.209 e. The van der Waals surface area contributed by atoms with Crippen LogP contribution >= 0.6 is 0 Å². The van der Waals surface area contributed by atoms with E-state index >= 15 is 0 Å². The minimum Gasteiger partial charge on any atom is -0.396 e. The van der Waals surface area contributed by atoms with Crippen molar-refractivity contribution in [1.29, 1.82) is 0 Å². The van der Waals surface area contributed by atoms with Crippen LogP contribution in [0.4, 0.5) is 15.8 Å². The Morgan fingerprint density at radius 3 is 2.50 bits per heavy atom. The van der Waals surface area contributed by atoms with E-state index in [-0.39, 0.29) is 5.69 Å². The second-order valence-electron chi connectivity index (χ2n) is 3.83. The molecule has 1 aromatic carbocycles. The first-order valence-corrected chi connectivity index (χ1v) is 5.20. The number of piperazine rings is 1. The van der Waals surface area contributed by atoms with E-state index in [1.54, 1.807) is 17.0 Å². The van der Waals surface area contributed by atoms with Gasteiger partial charge in [0, 0.05) is 31.9 Å². The Kier molecular flexibility index (Phi) is 2.94. The summed E-state index contributed by atoms with van der Waals surface area (Å²) in [5.41, 5.74) is 6.58. The van der Waals surface area contributed by atoms with Crippen LogP contribution in [0, 0.1) is 5.82 Å². The standard InChI is InChI=1S/C11H14FN3O/c12-10-2-1-9(7-11(10)13)15-5-3-14(8-16)4-6-15/h1-2,7-8H,3-6,13H2. The normalized spacial score (nSPS) is 16.3. The molecule has 16 heavy (non-hydrogen) atoms. The minimum atomic E-state index is -0.393. The van der Waals surface area contributed by atoms with Crippen LogP contribution in [0.15, 0.2) is 18.2 Å². The number of halogens is 1. The average Bonchev–Trinajstić information content (AvgIpc) is 2.33. The Balaban J connectivity index is 2.08. The number of amides is 1. The van der Waals surface area contributed by atoms with Crippen molar-refractivity contribution in [2.24, 2.45) is 0 Å². The first-order chi connectivity index (χ1) is 7.70. The molecule has 1 aromatic rings. The van der Waals surface area contributed by atoms with Crippen LogP contribution in [0.2, 0.25) is 0 Å². The van der Waals surface area contributed by atoms with E-state index in [2.05, 4.69) is 4.90 Å². The van der Waals surface area contributed by atoms with Gasteiger partial charge in [0.1, 0.15) is 5.82 Å². The van der Waals surface area contributed by atoms with E-state index in [4.69, 9.17) is 5.73 Å². The molecule has 1 heterocycles. The lowest BCUT2D eigenvalue weighted by atomic mass is 10.2. The summed E-state index contributed by atoms with van der Waals surface area (Å²) in [5, 5.41) is 0. The lowest BCUT2D eigenvalue weighted by Gasteiger charge is -2.34. The van der Waals surface area contributed by atoms with E-state index in [9.17, 15) is 9.18 Å². The van der Waals surface area contributed by atoms with Crippen LogP contribution in [0.5, 0.6) is 0 Å². The number of nitrogen functional groups attached to an aromatic ring is 1. The number of hydrogen-bond donors (Lipinski definition) is 1. The Morgan fingerprint density at radius 1 is 1.25 bits per heavy atom. The molecule has 5 heteroatoms. The fraction of sp³-hybridized carbons (Fsp3) is 0.364.